The van der Waals surface area contributed by atoms with Crippen LogP contribution in [0.3, 0.4) is 0 Å². The van der Waals surface area contributed by atoms with Crippen LogP contribution in [0, 0.1) is 18.8 Å². The lowest BCUT2D eigenvalue weighted by Gasteiger charge is -2.13. The predicted octanol–water partition coefficient (Wildman–Crippen LogP) is 2.20. The molecular weight excluding hydrogens is 230 g/mol. The minimum absolute atomic E-state index is 0.342. The maximum Gasteiger partial charge on any atom is 0.376 e. The third-order valence-electron chi connectivity index (χ3n) is 3.64. The summed E-state index contributed by atoms with van der Waals surface area (Å²) in [5, 5.41) is 7.93. The molecule has 0 aliphatic heterocycles. The fourth-order valence-electron chi connectivity index (χ4n) is 2.70. The second kappa shape index (κ2) is 5.50. The zero-order valence-electron chi connectivity index (χ0n) is 11.3. The van der Waals surface area contributed by atoms with Crippen molar-refractivity contribution in [1.29, 1.82) is 0 Å². The molecule has 2 unspecified atom stereocenters. The van der Waals surface area contributed by atoms with Crippen molar-refractivity contribution in [2.24, 2.45) is 11.8 Å². The second-order valence-electron chi connectivity index (χ2n) is 5.19. The summed E-state index contributed by atoms with van der Waals surface area (Å²) in [5.41, 5.74) is 0. The molecule has 1 fully saturated rings. The number of aryl methyl sites for hydroxylation is 1. The van der Waals surface area contributed by atoms with Crippen LogP contribution in [0.4, 0.5) is 0 Å². The topological polar surface area (TPSA) is 57.0 Å². The molecule has 0 aromatic carbocycles. The third kappa shape index (κ3) is 2.71. The van der Waals surface area contributed by atoms with Crippen molar-refractivity contribution in [3.63, 3.8) is 0 Å². The molecule has 0 N–H and O–H groups in total. The van der Waals surface area contributed by atoms with Crippen LogP contribution in [0.25, 0.3) is 0 Å². The van der Waals surface area contributed by atoms with Crippen LogP contribution < -0.4 is 0 Å². The Morgan fingerprint density at radius 2 is 2.22 bits per heavy atom. The van der Waals surface area contributed by atoms with Crippen LogP contribution in [-0.2, 0) is 11.3 Å². The zero-order valence-corrected chi connectivity index (χ0v) is 11.3. The molecule has 1 aliphatic rings. The average Bonchev–Trinajstić information content (AvgIpc) is 2.88. The summed E-state index contributed by atoms with van der Waals surface area (Å²) in [5.74, 6) is 2.18. The number of carbonyl (C=O) groups is 1. The summed E-state index contributed by atoms with van der Waals surface area (Å²) in [6.45, 7) is 7.16. The van der Waals surface area contributed by atoms with Gasteiger partial charge >= 0.3 is 5.97 Å². The first-order valence-electron chi connectivity index (χ1n) is 6.68. The lowest BCUT2D eigenvalue weighted by Crippen LogP contribution is -2.18. The Morgan fingerprint density at radius 3 is 2.83 bits per heavy atom. The highest BCUT2D eigenvalue weighted by atomic mass is 16.5. The van der Waals surface area contributed by atoms with Gasteiger partial charge in [-0.3, -0.25) is 0 Å². The summed E-state index contributed by atoms with van der Waals surface area (Å²) in [4.78, 5) is 11.8. The average molecular weight is 251 g/mol. The Morgan fingerprint density at radius 1 is 1.44 bits per heavy atom. The fraction of sp³-hybridized carbons (Fsp3) is 0.769. The van der Waals surface area contributed by atoms with Gasteiger partial charge in [-0.05, 0) is 38.5 Å². The minimum Gasteiger partial charge on any atom is -0.460 e. The van der Waals surface area contributed by atoms with Crippen molar-refractivity contribution >= 4 is 5.97 Å². The number of hydrogen-bond donors (Lipinski definition) is 0. The van der Waals surface area contributed by atoms with Gasteiger partial charge in [-0.1, -0.05) is 13.3 Å². The SMILES string of the molecule is CCOC(=O)c1nnc(C)n1CC1CCC(C)C1. The van der Waals surface area contributed by atoms with Crippen molar-refractivity contribution < 1.29 is 9.53 Å². The van der Waals surface area contributed by atoms with E-state index in [2.05, 4.69) is 17.1 Å². The van der Waals surface area contributed by atoms with Crippen molar-refractivity contribution in [2.45, 2.75) is 46.6 Å². The van der Waals surface area contributed by atoms with Crippen molar-refractivity contribution in [3.05, 3.63) is 11.6 Å². The van der Waals surface area contributed by atoms with Crippen molar-refractivity contribution in [3.8, 4) is 0 Å². The summed E-state index contributed by atoms with van der Waals surface area (Å²) < 4.78 is 6.91. The summed E-state index contributed by atoms with van der Waals surface area (Å²) in [6, 6.07) is 0. The first kappa shape index (κ1) is 13.1. The van der Waals surface area contributed by atoms with Gasteiger partial charge in [0.2, 0.25) is 5.82 Å². The Bertz CT molecular complexity index is 428. The van der Waals surface area contributed by atoms with E-state index in [-0.39, 0.29) is 5.97 Å². The molecule has 1 aromatic rings. The van der Waals surface area contributed by atoms with Gasteiger partial charge in [0.25, 0.3) is 0 Å². The molecular formula is C13H21N3O2. The molecule has 0 spiro atoms. The standard InChI is InChI=1S/C13H21N3O2/c1-4-18-13(17)12-15-14-10(3)16(12)8-11-6-5-9(2)7-11/h9,11H,4-8H2,1-3H3. The molecule has 0 saturated heterocycles. The van der Waals surface area contributed by atoms with Gasteiger partial charge in [-0.15, -0.1) is 10.2 Å². The Balaban J connectivity index is 2.11. The molecule has 1 aromatic heterocycles. The molecule has 1 aliphatic carbocycles. The van der Waals surface area contributed by atoms with Gasteiger partial charge in [0.05, 0.1) is 6.61 Å². The van der Waals surface area contributed by atoms with E-state index in [0.717, 1.165) is 18.3 Å². The van der Waals surface area contributed by atoms with Crippen LogP contribution >= 0.6 is 0 Å². The number of carbonyl (C=O) groups excluding carboxylic acids is 1. The Hall–Kier alpha value is -1.39. The molecule has 0 radical (unpaired) electrons. The number of rotatable bonds is 4. The molecule has 5 heteroatoms. The van der Waals surface area contributed by atoms with Crippen LogP contribution in [0.15, 0.2) is 0 Å². The quantitative estimate of drug-likeness (QED) is 0.770. The summed E-state index contributed by atoms with van der Waals surface area (Å²) in [7, 11) is 0. The largest absolute Gasteiger partial charge is 0.460 e. The summed E-state index contributed by atoms with van der Waals surface area (Å²) in [6.07, 6.45) is 3.72. The highest BCUT2D eigenvalue weighted by Gasteiger charge is 2.25. The maximum atomic E-state index is 11.8. The highest BCUT2D eigenvalue weighted by Crippen LogP contribution is 2.31. The molecule has 100 valence electrons. The van der Waals surface area contributed by atoms with Gasteiger partial charge in [0, 0.05) is 6.54 Å². The fourth-order valence-corrected chi connectivity index (χ4v) is 2.70. The Kier molecular flexibility index (Phi) is 3.99. The van der Waals surface area contributed by atoms with E-state index in [9.17, 15) is 4.79 Å². The van der Waals surface area contributed by atoms with E-state index in [0.29, 0.717) is 18.3 Å². The Labute approximate surface area is 108 Å². The normalized spacial score (nSPS) is 23.3. The van der Waals surface area contributed by atoms with E-state index in [4.69, 9.17) is 4.74 Å². The number of aromatic nitrogens is 3. The monoisotopic (exact) mass is 251 g/mol. The lowest BCUT2D eigenvalue weighted by atomic mass is 10.1. The predicted molar refractivity (Wildman–Crippen MR) is 67.2 cm³/mol. The summed E-state index contributed by atoms with van der Waals surface area (Å²) >= 11 is 0. The molecule has 0 amide bonds. The van der Waals surface area contributed by atoms with Gasteiger partial charge in [0.15, 0.2) is 0 Å². The van der Waals surface area contributed by atoms with Gasteiger partial charge in [-0.2, -0.15) is 0 Å². The van der Waals surface area contributed by atoms with E-state index in [1.807, 2.05) is 11.5 Å². The highest BCUT2D eigenvalue weighted by molar-refractivity contribution is 5.85. The first-order chi connectivity index (χ1) is 8.61. The van der Waals surface area contributed by atoms with Crippen molar-refractivity contribution in [2.75, 3.05) is 6.61 Å². The molecule has 18 heavy (non-hydrogen) atoms. The maximum absolute atomic E-state index is 11.8. The second-order valence-corrected chi connectivity index (χ2v) is 5.19. The number of nitrogens with zero attached hydrogens (tertiary/aromatic N) is 3. The molecule has 1 saturated carbocycles. The minimum atomic E-state index is -0.371. The van der Waals surface area contributed by atoms with Crippen LogP contribution in [0.1, 0.15) is 49.6 Å². The molecule has 2 atom stereocenters. The number of esters is 1. The third-order valence-corrected chi connectivity index (χ3v) is 3.64. The molecule has 1 heterocycles. The van der Waals surface area contributed by atoms with Crippen LogP contribution in [-0.4, -0.2) is 27.3 Å². The van der Waals surface area contributed by atoms with Crippen LogP contribution in [0.5, 0.6) is 0 Å². The van der Waals surface area contributed by atoms with Gasteiger partial charge < -0.3 is 9.30 Å². The van der Waals surface area contributed by atoms with Crippen LogP contribution in [0.2, 0.25) is 0 Å². The molecule has 0 bridgehead atoms. The number of ether oxygens (including phenoxy) is 1. The van der Waals surface area contributed by atoms with Gasteiger partial charge in [0.1, 0.15) is 5.82 Å². The first-order valence-corrected chi connectivity index (χ1v) is 6.68. The van der Waals surface area contributed by atoms with E-state index in [1.54, 1.807) is 6.92 Å². The zero-order chi connectivity index (χ0) is 13.1. The number of hydrogen-bond acceptors (Lipinski definition) is 4. The van der Waals surface area contributed by atoms with Gasteiger partial charge in [-0.25, -0.2) is 4.79 Å². The molecule has 5 nitrogen and oxygen atoms in total. The lowest BCUT2D eigenvalue weighted by molar-refractivity contribution is 0.0504. The van der Waals surface area contributed by atoms with Crippen molar-refractivity contribution in [1.82, 2.24) is 14.8 Å². The van der Waals surface area contributed by atoms with E-state index < -0.39 is 0 Å². The van der Waals surface area contributed by atoms with E-state index in [1.165, 1.54) is 19.3 Å². The van der Waals surface area contributed by atoms with E-state index >= 15 is 0 Å². The smallest absolute Gasteiger partial charge is 0.376 e. The molecule has 2 rings (SSSR count).